The largest absolute Gasteiger partial charge is 0.497 e. The molecule has 1 fully saturated rings. The molecule has 1 aliphatic rings. The molecular weight excluding hydrogens is 241 g/mol. The zero-order valence-electron chi connectivity index (χ0n) is 11.9. The number of hydrogen-bond donors (Lipinski definition) is 1. The molecule has 1 aromatic rings. The molecule has 3 heteroatoms. The van der Waals surface area contributed by atoms with Crippen LogP contribution < -0.4 is 10.5 Å². The van der Waals surface area contributed by atoms with E-state index >= 15 is 0 Å². The number of ether oxygens (including phenoxy) is 1. The lowest BCUT2D eigenvalue weighted by Gasteiger charge is -2.32. The lowest BCUT2D eigenvalue weighted by atomic mass is 9.76. The lowest BCUT2D eigenvalue weighted by molar-refractivity contribution is 0.237. The summed E-state index contributed by atoms with van der Waals surface area (Å²) in [5.41, 5.74) is 6.89. The second kappa shape index (κ2) is 6.38. The number of nitrogens with two attached hydrogens (primary N) is 1. The summed E-state index contributed by atoms with van der Waals surface area (Å²) in [6.45, 7) is 2.24. The molecule has 0 amide bonds. The summed E-state index contributed by atoms with van der Waals surface area (Å²) in [6, 6.07) is 4.79. The molecule has 2 nitrogen and oxygen atoms in total. The Bertz CT molecular complexity index is 413. The zero-order chi connectivity index (χ0) is 13.8. The minimum atomic E-state index is -0.246. The van der Waals surface area contributed by atoms with Crippen LogP contribution in [0, 0.1) is 17.7 Å². The van der Waals surface area contributed by atoms with Crippen LogP contribution in [0.25, 0.3) is 0 Å². The first-order valence-corrected chi connectivity index (χ1v) is 7.24. The molecule has 0 aliphatic heterocycles. The Balaban J connectivity index is 2.05. The summed E-state index contributed by atoms with van der Waals surface area (Å²) in [4.78, 5) is 0. The molecule has 2 N–H and O–H groups in total. The van der Waals surface area contributed by atoms with Crippen molar-refractivity contribution in [1.29, 1.82) is 0 Å². The first-order chi connectivity index (χ1) is 9.15. The third kappa shape index (κ3) is 3.27. The van der Waals surface area contributed by atoms with Gasteiger partial charge in [-0.05, 0) is 30.7 Å². The maximum atomic E-state index is 14.0. The molecule has 1 aliphatic carbocycles. The highest BCUT2D eigenvalue weighted by Gasteiger charge is 2.27. The van der Waals surface area contributed by atoms with Crippen molar-refractivity contribution in [2.75, 3.05) is 7.11 Å². The van der Waals surface area contributed by atoms with Crippen LogP contribution in [-0.4, -0.2) is 7.11 Å². The van der Waals surface area contributed by atoms with E-state index in [4.69, 9.17) is 10.5 Å². The first kappa shape index (κ1) is 14.3. The van der Waals surface area contributed by atoms with Crippen LogP contribution in [0.4, 0.5) is 4.39 Å². The predicted octanol–water partition coefficient (Wildman–Crippen LogP) is 4.05. The van der Waals surface area contributed by atoms with E-state index in [2.05, 4.69) is 6.92 Å². The molecule has 106 valence electrons. The molecule has 0 heterocycles. The van der Waals surface area contributed by atoms with E-state index < -0.39 is 0 Å². The van der Waals surface area contributed by atoms with Crippen molar-refractivity contribution in [3.8, 4) is 5.75 Å². The van der Waals surface area contributed by atoms with Crippen molar-refractivity contribution in [3.63, 3.8) is 0 Å². The molecule has 0 aromatic heterocycles. The van der Waals surface area contributed by atoms with Crippen LogP contribution in [0.5, 0.6) is 5.75 Å². The Hall–Kier alpha value is -1.09. The van der Waals surface area contributed by atoms with Gasteiger partial charge in [0, 0.05) is 17.7 Å². The van der Waals surface area contributed by atoms with Crippen LogP contribution in [-0.2, 0) is 0 Å². The van der Waals surface area contributed by atoms with Crippen molar-refractivity contribution < 1.29 is 9.13 Å². The Labute approximate surface area is 115 Å². The van der Waals surface area contributed by atoms with E-state index in [1.165, 1.54) is 25.3 Å². The quantitative estimate of drug-likeness (QED) is 0.891. The van der Waals surface area contributed by atoms with Gasteiger partial charge < -0.3 is 10.5 Å². The fraction of sp³-hybridized carbons (Fsp3) is 0.625. The minimum absolute atomic E-state index is 0.191. The van der Waals surface area contributed by atoms with E-state index in [9.17, 15) is 4.39 Å². The number of rotatable bonds is 4. The van der Waals surface area contributed by atoms with E-state index in [0.717, 1.165) is 18.8 Å². The Morgan fingerprint density at radius 2 is 2.00 bits per heavy atom. The van der Waals surface area contributed by atoms with Crippen molar-refractivity contribution in [1.82, 2.24) is 0 Å². The van der Waals surface area contributed by atoms with Gasteiger partial charge in [-0.25, -0.2) is 4.39 Å². The Morgan fingerprint density at radius 1 is 1.32 bits per heavy atom. The van der Waals surface area contributed by atoms with Crippen molar-refractivity contribution in [2.24, 2.45) is 17.6 Å². The minimum Gasteiger partial charge on any atom is -0.497 e. The summed E-state index contributed by atoms with van der Waals surface area (Å²) in [7, 11) is 1.54. The van der Waals surface area contributed by atoms with Gasteiger partial charge in [0.2, 0.25) is 0 Å². The molecule has 1 unspecified atom stereocenters. The van der Waals surface area contributed by atoms with Gasteiger partial charge in [-0.15, -0.1) is 0 Å². The molecule has 0 saturated heterocycles. The molecule has 1 aromatic carbocycles. The zero-order valence-corrected chi connectivity index (χ0v) is 11.9. The highest BCUT2D eigenvalue weighted by molar-refractivity contribution is 5.31. The number of benzene rings is 1. The van der Waals surface area contributed by atoms with Crippen LogP contribution >= 0.6 is 0 Å². The summed E-state index contributed by atoms with van der Waals surface area (Å²) in [6.07, 6.45) is 5.94. The van der Waals surface area contributed by atoms with Gasteiger partial charge in [0.05, 0.1) is 7.11 Å². The van der Waals surface area contributed by atoms with Crippen molar-refractivity contribution in [3.05, 3.63) is 29.6 Å². The Kier molecular flexibility index (Phi) is 4.81. The summed E-state index contributed by atoms with van der Waals surface area (Å²) in [5.74, 6) is 1.54. The summed E-state index contributed by atoms with van der Waals surface area (Å²) in [5, 5.41) is 0. The van der Waals surface area contributed by atoms with Gasteiger partial charge in [0.25, 0.3) is 0 Å². The molecule has 19 heavy (non-hydrogen) atoms. The fourth-order valence-electron chi connectivity index (χ4n) is 3.11. The second-order valence-corrected chi connectivity index (χ2v) is 5.60. The smallest absolute Gasteiger partial charge is 0.131 e. The van der Waals surface area contributed by atoms with Gasteiger partial charge in [0.1, 0.15) is 11.6 Å². The average Bonchev–Trinajstić information content (AvgIpc) is 2.46. The Morgan fingerprint density at radius 3 is 2.53 bits per heavy atom. The number of halogens is 1. The van der Waals surface area contributed by atoms with Gasteiger partial charge in [-0.2, -0.15) is 0 Å². The summed E-state index contributed by atoms with van der Waals surface area (Å²) >= 11 is 0. The van der Waals surface area contributed by atoms with Crippen LogP contribution in [0.15, 0.2) is 18.2 Å². The van der Waals surface area contributed by atoms with Crippen LogP contribution in [0.1, 0.15) is 50.6 Å². The third-order valence-electron chi connectivity index (χ3n) is 4.54. The number of hydrogen-bond acceptors (Lipinski definition) is 2. The van der Waals surface area contributed by atoms with E-state index in [1.807, 2.05) is 0 Å². The predicted molar refractivity (Wildman–Crippen MR) is 75.6 cm³/mol. The molecule has 0 bridgehead atoms. The lowest BCUT2D eigenvalue weighted by Crippen LogP contribution is -2.26. The van der Waals surface area contributed by atoms with Gasteiger partial charge >= 0.3 is 0 Å². The maximum Gasteiger partial charge on any atom is 0.131 e. The maximum absolute atomic E-state index is 14.0. The van der Waals surface area contributed by atoms with Gasteiger partial charge in [0.15, 0.2) is 0 Å². The van der Waals surface area contributed by atoms with E-state index in [1.54, 1.807) is 19.2 Å². The highest BCUT2D eigenvalue weighted by atomic mass is 19.1. The average molecular weight is 265 g/mol. The third-order valence-corrected chi connectivity index (χ3v) is 4.54. The van der Waals surface area contributed by atoms with E-state index in [0.29, 0.717) is 17.2 Å². The normalized spacial score (nSPS) is 25.1. The number of methoxy groups -OCH3 is 1. The van der Waals surface area contributed by atoms with Crippen LogP contribution in [0.2, 0.25) is 0 Å². The monoisotopic (exact) mass is 265 g/mol. The van der Waals surface area contributed by atoms with Crippen molar-refractivity contribution in [2.45, 2.75) is 45.1 Å². The molecule has 1 atom stereocenters. The molecule has 0 spiro atoms. The second-order valence-electron chi connectivity index (χ2n) is 5.60. The van der Waals surface area contributed by atoms with Gasteiger partial charge in [-0.3, -0.25) is 0 Å². The molecular formula is C16H24FNO. The molecule has 0 radical (unpaired) electrons. The van der Waals surface area contributed by atoms with Crippen molar-refractivity contribution >= 4 is 0 Å². The topological polar surface area (TPSA) is 35.2 Å². The molecule has 2 rings (SSSR count). The molecule has 1 saturated carbocycles. The van der Waals surface area contributed by atoms with E-state index in [-0.39, 0.29) is 11.9 Å². The fourth-order valence-corrected chi connectivity index (χ4v) is 3.11. The standard InChI is InChI=1S/C16H24FNO/c1-3-11-4-6-12(7-5-11)16(18)14-9-8-13(19-2)10-15(14)17/h8-12,16H,3-7,18H2,1-2H3. The SMILES string of the molecule is CCC1CCC(C(N)c2ccc(OC)cc2F)CC1. The first-order valence-electron chi connectivity index (χ1n) is 7.24. The van der Waals surface area contributed by atoms with Crippen LogP contribution in [0.3, 0.4) is 0 Å². The summed E-state index contributed by atoms with van der Waals surface area (Å²) < 4.78 is 19.0. The highest BCUT2D eigenvalue weighted by Crippen LogP contribution is 2.37. The van der Waals surface area contributed by atoms with Gasteiger partial charge in [-0.1, -0.05) is 32.3 Å².